The molecule has 0 saturated heterocycles. The minimum absolute atomic E-state index is 0.0551. The molecule has 2 aromatic rings. The molecule has 1 aromatic carbocycles. The van der Waals surface area contributed by atoms with Gasteiger partial charge in [-0.3, -0.25) is 9.78 Å². The largest absolute Gasteiger partial charge is 0.480 e. The van der Waals surface area contributed by atoms with Gasteiger partial charge in [0.25, 0.3) is 5.91 Å². The minimum atomic E-state index is -0.113. The number of benzene rings is 1. The van der Waals surface area contributed by atoms with Crippen LogP contribution in [0.5, 0.6) is 11.8 Å². The average molecular weight is 352 g/mol. The fourth-order valence-corrected chi connectivity index (χ4v) is 2.95. The van der Waals surface area contributed by atoms with Gasteiger partial charge in [-0.15, -0.1) is 0 Å². The van der Waals surface area contributed by atoms with E-state index in [2.05, 4.69) is 15.3 Å². The highest BCUT2D eigenvalue weighted by molar-refractivity contribution is 5.94. The second kappa shape index (κ2) is 8.30. The Balaban J connectivity index is 1.48. The molecule has 7 nitrogen and oxygen atoms in total. The number of rotatable bonds is 5. The number of nitriles is 1. The zero-order chi connectivity index (χ0) is 18.4. The molecule has 1 heterocycles. The maximum Gasteiger partial charge on any atom is 0.251 e. The van der Waals surface area contributed by atoms with Crippen LogP contribution in [0.25, 0.3) is 0 Å². The molecule has 7 heteroatoms. The summed E-state index contributed by atoms with van der Waals surface area (Å²) in [5, 5.41) is 11.9. The monoisotopic (exact) mass is 352 g/mol. The van der Waals surface area contributed by atoms with Crippen molar-refractivity contribution in [3.63, 3.8) is 0 Å². The van der Waals surface area contributed by atoms with Crippen molar-refractivity contribution in [2.75, 3.05) is 7.11 Å². The fraction of sp³-hybridized carbons (Fsp3) is 0.368. The fourth-order valence-electron chi connectivity index (χ4n) is 2.95. The molecule has 0 bridgehead atoms. The number of hydrogen-bond donors (Lipinski definition) is 1. The van der Waals surface area contributed by atoms with E-state index in [1.165, 1.54) is 13.3 Å². The number of aromatic nitrogens is 2. The predicted octanol–water partition coefficient (Wildman–Crippen LogP) is 2.48. The summed E-state index contributed by atoms with van der Waals surface area (Å²) in [6.45, 7) is 0. The van der Waals surface area contributed by atoms with Crippen LogP contribution in [0.2, 0.25) is 0 Å². The molecule has 1 fully saturated rings. The van der Waals surface area contributed by atoms with Crippen molar-refractivity contribution in [3.8, 4) is 17.8 Å². The lowest BCUT2D eigenvalue weighted by Gasteiger charge is -2.29. The molecular formula is C19H20N4O3. The molecule has 0 unspecified atom stereocenters. The Bertz CT molecular complexity index is 793. The SMILES string of the molecule is COc1cncc(OC2CCC(NC(=O)c3ccc(C#N)cc3)CC2)n1. The Kier molecular flexibility index (Phi) is 5.64. The molecule has 1 amide bonds. The molecule has 3 rings (SSSR count). The number of carbonyl (C=O) groups is 1. The van der Waals surface area contributed by atoms with Crippen molar-refractivity contribution in [1.29, 1.82) is 5.26 Å². The molecule has 0 aliphatic heterocycles. The van der Waals surface area contributed by atoms with Gasteiger partial charge in [0.2, 0.25) is 11.8 Å². The lowest BCUT2D eigenvalue weighted by atomic mass is 9.92. The number of nitrogens with zero attached hydrogens (tertiary/aromatic N) is 3. The highest BCUT2D eigenvalue weighted by Gasteiger charge is 2.24. The third-order valence-electron chi connectivity index (χ3n) is 4.37. The summed E-state index contributed by atoms with van der Waals surface area (Å²) in [7, 11) is 1.54. The lowest BCUT2D eigenvalue weighted by molar-refractivity contribution is 0.0889. The Hall–Kier alpha value is -3.14. The van der Waals surface area contributed by atoms with Crippen LogP contribution in [0.1, 0.15) is 41.6 Å². The van der Waals surface area contributed by atoms with E-state index in [-0.39, 0.29) is 18.1 Å². The van der Waals surface area contributed by atoms with Crippen LogP contribution < -0.4 is 14.8 Å². The van der Waals surface area contributed by atoms with Crippen LogP contribution in [0.4, 0.5) is 0 Å². The van der Waals surface area contributed by atoms with Gasteiger partial charge in [-0.25, -0.2) is 0 Å². The van der Waals surface area contributed by atoms with Gasteiger partial charge in [0.15, 0.2) is 0 Å². The molecule has 0 spiro atoms. The summed E-state index contributed by atoms with van der Waals surface area (Å²) < 4.78 is 10.9. The normalized spacial score (nSPS) is 19.2. The van der Waals surface area contributed by atoms with Crippen LogP contribution in [0, 0.1) is 11.3 Å². The van der Waals surface area contributed by atoms with E-state index < -0.39 is 0 Å². The molecule has 1 aliphatic carbocycles. The van der Waals surface area contributed by atoms with E-state index in [0.29, 0.717) is 22.9 Å². The molecule has 1 aromatic heterocycles. The Morgan fingerprint density at radius 3 is 2.50 bits per heavy atom. The number of carbonyl (C=O) groups excluding carboxylic acids is 1. The van der Waals surface area contributed by atoms with Crippen LogP contribution in [0.3, 0.4) is 0 Å². The van der Waals surface area contributed by atoms with Crippen LogP contribution in [-0.2, 0) is 0 Å². The maximum atomic E-state index is 12.3. The number of ether oxygens (including phenoxy) is 2. The zero-order valence-electron chi connectivity index (χ0n) is 14.5. The quantitative estimate of drug-likeness (QED) is 0.888. The molecule has 0 atom stereocenters. The zero-order valence-corrected chi connectivity index (χ0v) is 14.5. The second-order valence-corrected chi connectivity index (χ2v) is 6.15. The molecule has 1 N–H and O–H groups in total. The lowest BCUT2D eigenvalue weighted by Crippen LogP contribution is -2.39. The summed E-state index contributed by atoms with van der Waals surface area (Å²) in [6, 6.07) is 8.80. The van der Waals surface area contributed by atoms with Gasteiger partial charge in [-0.05, 0) is 49.9 Å². The molecule has 0 radical (unpaired) electrons. The Morgan fingerprint density at radius 1 is 1.15 bits per heavy atom. The van der Waals surface area contributed by atoms with Crippen molar-refractivity contribution in [2.45, 2.75) is 37.8 Å². The van der Waals surface area contributed by atoms with Gasteiger partial charge in [-0.2, -0.15) is 10.2 Å². The Morgan fingerprint density at radius 2 is 1.85 bits per heavy atom. The number of methoxy groups -OCH3 is 1. The van der Waals surface area contributed by atoms with Crippen molar-refractivity contribution >= 4 is 5.91 Å². The third kappa shape index (κ3) is 4.48. The van der Waals surface area contributed by atoms with Crippen molar-refractivity contribution in [1.82, 2.24) is 15.3 Å². The van der Waals surface area contributed by atoms with Crippen molar-refractivity contribution in [2.24, 2.45) is 0 Å². The summed E-state index contributed by atoms with van der Waals surface area (Å²) in [5.41, 5.74) is 1.11. The van der Waals surface area contributed by atoms with E-state index >= 15 is 0 Å². The van der Waals surface area contributed by atoms with Gasteiger partial charge in [0.05, 0.1) is 31.1 Å². The van der Waals surface area contributed by atoms with E-state index in [0.717, 1.165) is 25.7 Å². The second-order valence-electron chi connectivity index (χ2n) is 6.15. The van der Waals surface area contributed by atoms with Crippen LogP contribution in [-0.4, -0.2) is 35.1 Å². The van der Waals surface area contributed by atoms with Gasteiger partial charge in [-0.1, -0.05) is 0 Å². The van der Waals surface area contributed by atoms with Gasteiger partial charge < -0.3 is 14.8 Å². The molecule has 1 saturated carbocycles. The maximum absolute atomic E-state index is 12.3. The van der Waals surface area contributed by atoms with E-state index in [1.54, 1.807) is 30.5 Å². The minimum Gasteiger partial charge on any atom is -0.480 e. The number of nitrogens with one attached hydrogen (secondary N) is 1. The summed E-state index contributed by atoms with van der Waals surface area (Å²) >= 11 is 0. The van der Waals surface area contributed by atoms with Gasteiger partial charge in [0.1, 0.15) is 6.10 Å². The van der Waals surface area contributed by atoms with Gasteiger partial charge in [0, 0.05) is 11.6 Å². The number of hydrogen-bond acceptors (Lipinski definition) is 6. The highest BCUT2D eigenvalue weighted by atomic mass is 16.5. The topological polar surface area (TPSA) is 97.1 Å². The van der Waals surface area contributed by atoms with Gasteiger partial charge >= 0.3 is 0 Å². The summed E-state index contributed by atoms with van der Waals surface area (Å²) in [4.78, 5) is 20.5. The van der Waals surface area contributed by atoms with E-state index in [4.69, 9.17) is 14.7 Å². The Labute approximate surface area is 152 Å². The molecular weight excluding hydrogens is 332 g/mol. The first kappa shape index (κ1) is 17.7. The molecule has 134 valence electrons. The third-order valence-corrected chi connectivity index (χ3v) is 4.37. The van der Waals surface area contributed by atoms with E-state index in [1.807, 2.05) is 6.07 Å². The number of amides is 1. The van der Waals surface area contributed by atoms with Crippen molar-refractivity contribution in [3.05, 3.63) is 47.8 Å². The van der Waals surface area contributed by atoms with Crippen LogP contribution in [0.15, 0.2) is 36.7 Å². The predicted molar refractivity (Wildman–Crippen MR) is 93.9 cm³/mol. The molecule has 26 heavy (non-hydrogen) atoms. The first-order valence-corrected chi connectivity index (χ1v) is 8.51. The van der Waals surface area contributed by atoms with Crippen LogP contribution >= 0.6 is 0 Å². The molecule has 1 aliphatic rings. The first-order valence-electron chi connectivity index (χ1n) is 8.51. The standard InChI is InChI=1S/C19H20N4O3/c1-25-17-11-21-12-18(23-17)26-16-8-6-15(7-9-16)22-19(24)14-4-2-13(10-20)3-5-14/h2-5,11-12,15-16H,6-9H2,1H3,(H,22,24). The highest BCUT2D eigenvalue weighted by Crippen LogP contribution is 2.23. The average Bonchev–Trinajstić information content (AvgIpc) is 2.69. The smallest absolute Gasteiger partial charge is 0.251 e. The summed E-state index contributed by atoms with van der Waals surface area (Å²) in [5.74, 6) is 0.762. The van der Waals surface area contributed by atoms with Crippen molar-refractivity contribution < 1.29 is 14.3 Å². The first-order chi connectivity index (χ1) is 12.7. The summed E-state index contributed by atoms with van der Waals surface area (Å²) in [6.07, 6.45) is 6.49. The van der Waals surface area contributed by atoms with E-state index in [9.17, 15) is 4.79 Å².